The summed E-state index contributed by atoms with van der Waals surface area (Å²) in [6.45, 7) is 0. The van der Waals surface area contributed by atoms with Gasteiger partial charge in [-0.3, -0.25) is 4.98 Å². The van der Waals surface area contributed by atoms with Crippen molar-refractivity contribution in [3.05, 3.63) is 40.5 Å². The number of hydrogen-bond donors (Lipinski definition) is 2. The van der Waals surface area contributed by atoms with Crippen molar-refractivity contribution in [3.8, 4) is 0 Å². The van der Waals surface area contributed by atoms with Crippen molar-refractivity contribution >= 4 is 28.7 Å². The quantitative estimate of drug-likeness (QED) is 0.632. The first-order valence-corrected chi connectivity index (χ1v) is 5.81. The first kappa shape index (κ1) is 14.4. The Balaban J connectivity index is 2.33. The Labute approximate surface area is 118 Å². The van der Waals surface area contributed by atoms with Crippen LogP contribution in [0.15, 0.2) is 39.2 Å². The number of aromatic nitrogens is 1. The predicted molar refractivity (Wildman–Crippen MR) is 72.6 cm³/mol. The molecule has 0 fully saturated rings. The average molecular weight is 292 g/mol. The standard InChI is InChI=1S/C13H12N2O6/c1-19-11(16)6-9(12(17)20-2)14-7-3-4-8-10(5-7)21-13(18)15-8/h3-6,14H,1-2H3,(H,15,18)/b9-6-. The zero-order valence-corrected chi connectivity index (χ0v) is 11.3. The van der Waals surface area contributed by atoms with Crippen LogP contribution in [0.1, 0.15) is 0 Å². The van der Waals surface area contributed by atoms with Gasteiger partial charge in [0.1, 0.15) is 5.70 Å². The molecule has 2 aromatic rings. The van der Waals surface area contributed by atoms with Gasteiger partial charge in [-0.15, -0.1) is 0 Å². The highest BCUT2D eigenvalue weighted by Gasteiger charge is 2.13. The van der Waals surface area contributed by atoms with Gasteiger partial charge in [-0.2, -0.15) is 0 Å². The topological polar surface area (TPSA) is 111 Å². The van der Waals surface area contributed by atoms with E-state index < -0.39 is 17.7 Å². The molecule has 1 aromatic heterocycles. The third kappa shape index (κ3) is 3.30. The van der Waals surface area contributed by atoms with E-state index in [0.717, 1.165) is 6.08 Å². The lowest BCUT2D eigenvalue weighted by Gasteiger charge is -2.08. The van der Waals surface area contributed by atoms with Crippen LogP contribution in [0.25, 0.3) is 11.1 Å². The van der Waals surface area contributed by atoms with Crippen LogP contribution < -0.4 is 11.1 Å². The Morgan fingerprint density at radius 1 is 1.29 bits per heavy atom. The van der Waals surface area contributed by atoms with Gasteiger partial charge in [0.2, 0.25) is 0 Å². The molecule has 1 heterocycles. The number of anilines is 1. The molecule has 1 aromatic carbocycles. The minimum Gasteiger partial charge on any atom is -0.466 e. The molecule has 0 saturated heterocycles. The Kier molecular flexibility index (Phi) is 4.07. The van der Waals surface area contributed by atoms with E-state index in [1.54, 1.807) is 12.1 Å². The Bertz CT molecular complexity index is 770. The molecular weight excluding hydrogens is 280 g/mol. The number of hydrogen-bond acceptors (Lipinski definition) is 7. The van der Waals surface area contributed by atoms with Gasteiger partial charge in [0.05, 0.1) is 25.8 Å². The van der Waals surface area contributed by atoms with Crippen molar-refractivity contribution in [3.63, 3.8) is 0 Å². The molecule has 0 aliphatic heterocycles. The number of ether oxygens (including phenoxy) is 2. The fourth-order valence-corrected chi connectivity index (χ4v) is 1.61. The van der Waals surface area contributed by atoms with E-state index in [4.69, 9.17) is 4.42 Å². The van der Waals surface area contributed by atoms with Gasteiger partial charge < -0.3 is 19.2 Å². The first-order valence-electron chi connectivity index (χ1n) is 5.81. The van der Waals surface area contributed by atoms with Gasteiger partial charge in [0.25, 0.3) is 0 Å². The molecule has 0 aliphatic rings. The number of methoxy groups -OCH3 is 2. The Morgan fingerprint density at radius 2 is 2.05 bits per heavy atom. The number of H-pyrrole nitrogens is 1. The van der Waals surface area contributed by atoms with Gasteiger partial charge in [-0.25, -0.2) is 14.4 Å². The molecule has 0 aliphatic carbocycles. The van der Waals surface area contributed by atoms with Crippen LogP contribution in [-0.2, 0) is 19.1 Å². The van der Waals surface area contributed by atoms with E-state index >= 15 is 0 Å². The molecule has 0 atom stereocenters. The van der Waals surface area contributed by atoms with Crippen molar-refractivity contribution in [2.24, 2.45) is 0 Å². The van der Waals surface area contributed by atoms with Gasteiger partial charge in [-0.05, 0) is 12.1 Å². The SMILES string of the molecule is COC(=O)/C=C(\Nc1ccc2[nH]c(=O)oc2c1)C(=O)OC. The number of esters is 2. The van der Waals surface area contributed by atoms with Crippen LogP contribution in [0.2, 0.25) is 0 Å². The lowest BCUT2D eigenvalue weighted by molar-refractivity contribution is -0.138. The summed E-state index contributed by atoms with van der Waals surface area (Å²) >= 11 is 0. The maximum Gasteiger partial charge on any atom is 0.417 e. The highest BCUT2D eigenvalue weighted by molar-refractivity contribution is 5.99. The summed E-state index contributed by atoms with van der Waals surface area (Å²) in [4.78, 5) is 36.4. The molecule has 2 N–H and O–H groups in total. The number of carbonyl (C=O) groups is 2. The molecule has 0 saturated carbocycles. The van der Waals surface area contributed by atoms with E-state index in [-0.39, 0.29) is 5.70 Å². The summed E-state index contributed by atoms with van der Waals surface area (Å²) < 4.78 is 13.9. The van der Waals surface area contributed by atoms with Crippen LogP contribution in [0.4, 0.5) is 5.69 Å². The molecule has 21 heavy (non-hydrogen) atoms. The smallest absolute Gasteiger partial charge is 0.417 e. The number of benzene rings is 1. The second kappa shape index (κ2) is 5.95. The monoisotopic (exact) mass is 292 g/mol. The summed E-state index contributed by atoms with van der Waals surface area (Å²) in [5, 5.41) is 2.71. The number of aromatic amines is 1. The molecular formula is C13H12N2O6. The molecule has 0 spiro atoms. The molecule has 8 heteroatoms. The fraction of sp³-hybridized carbons (Fsp3) is 0.154. The van der Waals surface area contributed by atoms with Crippen molar-refractivity contribution in [2.75, 3.05) is 19.5 Å². The Hall–Kier alpha value is -3.03. The molecule has 8 nitrogen and oxygen atoms in total. The molecule has 0 amide bonds. The lowest BCUT2D eigenvalue weighted by Crippen LogP contribution is -2.15. The normalized spacial score (nSPS) is 11.2. The van der Waals surface area contributed by atoms with Crippen molar-refractivity contribution in [1.82, 2.24) is 4.98 Å². The number of rotatable bonds is 4. The number of carbonyl (C=O) groups excluding carboxylic acids is 2. The minimum atomic E-state index is -0.740. The highest BCUT2D eigenvalue weighted by atomic mass is 16.5. The number of oxazole rings is 1. The summed E-state index contributed by atoms with van der Waals surface area (Å²) in [6.07, 6.45) is 0.962. The fourth-order valence-electron chi connectivity index (χ4n) is 1.61. The van der Waals surface area contributed by atoms with Crippen LogP contribution in [-0.4, -0.2) is 31.1 Å². The van der Waals surface area contributed by atoms with Crippen LogP contribution in [0.3, 0.4) is 0 Å². The summed E-state index contributed by atoms with van der Waals surface area (Å²) in [5.41, 5.74) is 1.15. The van der Waals surface area contributed by atoms with Crippen LogP contribution in [0.5, 0.6) is 0 Å². The van der Waals surface area contributed by atoms with Gasteiger partial charge in [-0.1, -0.05) is 0 Å². The van der Waals surface area contributed by atoms with Crippen LogP contribution >= 0.6 is 0 Å². The van der Waals surface area contributed by atoms with E-state index in [2.05, 4.69) is 19.8 Å². The molecule has 0 bridgehead atoms. The summed E-state index contributed by atoms with van der Waals surface area (Å²) in [6, 6.07) is 4.69. The van der Waals surface area contributed by atoms with Gasteiger partial charge >= 0.3 is 17.7 Å². The third-order valence-electron chi connectivity index (χ3n) is 2.57. The predicted octanol–water partition coefficient (Wildman–Crippen LogP) is 0.763. The molecule has 110 valence electrons. The second-order valence-electron chi connectivity index (χ2n) is 3.92. The van der Waals surface area contributed by atoms with Crippen LogP contribution in [0, 0.1) is 0 Å². The number of nitrogens with one attached hydrogen (secondary N) is 2. The van der Waals surface area contributed by atoms with E-state index in [9.17, 15) is 14.4 Å². The van der Waals surface area contributed by atoms with Gasteiger partial charge in [0, 0.05) is 11.8 Å². The zero-order chi connectivity index (χ0) is 15.4. The summed E-state index contributed by atoms with van der Waals surface area (Å²) in [7, 11) is 2.37. The number of fused-ring (bicyclic) bond motifs is 1. The minimum absolute atomic E-state index is 0.110. The van der Waals surface area contributed by atoms with Crippen molar-refractivity contribution in [2.45, 2.75) is 0 Å². The van der Waals surface area contributed by atoms with E-state index in [0.29, 0.717) is 16.8 Å². The highest BCUT2D eigenvalue weighted by Crippen LogP contribution is 2.18. The largest absolute Gasteiger partial charge is 0.466 e. The van der Waals surface area contributed by atoms with E-state index in [1.807, 2.05) is 0 Å². The molecule has 2 rings (SSSR count). The third-order valence-corrected chi connectivity index (χ3v) is 2.57. The van der Waals surface area contributed by atoms with Gasteiger partial charge in [0.15, 0.2) is 5.58 Å². The first-order chi connectivity index (χ1) is 10.0. The molecule has 0 unspecified atom stereocenters. The molecule has 0 radical (unpaired) electrons. The Morgan fingerprint density at radius 3 is 2.71 bits per heavy atom. The average Bonchev–Trinajstić information content (AvgIpc) is 2.84. The van der Waals surface area contributed by atoms with Crippen molar-refractivity contribution < 1.29 is 23.5 Å². The maximum atomic E-state index is 11.6. The van der Waals surface area contributed by atoms with E-state index in [1.165, 1.54) is 20.3 Å². The second-order valence-corrected chi connectivity index (χ2v) is 3.92. The van der Waals surface area contributed by atoms with Crippen molar-refractivity contribution in [1.29, 1.82) is 0 Å². The maximum absolute atomic E-state index is 11.6. The lowest BCUT2D eigenvalue weighted by atomic mass is 10.2. The summed E-state index contributed by atoms with van der Waals surface area (Å²) in [5.74, 6) is -2.03. The zero-order valence-electron chi connectivity index (χ0n) is 11.3.